The molecule has 130 valence electrons. The predicted octanol–water partition coefficient (Wildman–Crippen LogP) is 3.35. The lowest BCUT2D eigenvalue weighted by Gasteiger charge is -2.10. The first-order chi connectivity index (χ1) is 11.4. The highest BCUT2D eigenvalue weighted by molar-refractivity contribution is 7.92. The summed E-state index contributed by atoms with van der Waals surface area (Å²) in [4.78, 5) is 11.4. The third kappa shape index (κ3) is 4.97. The fraction of sp³-hybridized carbons (Fsp3) is 0.312. The molecule has 6 nitrogen and oxygen atoms in total. The van der Waals surface area contributed by atoms with Gasteiger partial charge < -0.3 is 9.84 Å². The molecule has 8 heteroatoms. The second-order valence-corrected chi connectivity index (χ2v) is 7.79. The molecule has 2 aromatic rings. The average Bonchev–Trinajstić information content (AvgIpc) is 2.93. The molecule has 0 aliphatic heterocycles. The van der Waals surface area contributed by atoms with Crippen molar-refractivity contribution in [2.24, 2.45) is 0 Å². The van der Waals surface area contributed by atoms with E-state index >= 15 is 0 Å². The predicted molar refractivity (Wildman–Crippen MR) is 93.3 cm³/mol. The number of sulfonamides is 1. The van der Waals surface area contributed by atoms with Crippen LogP contribution in [0.25, 0.3) is 0 Å². The third-order valence-electron chi connectivity index (χ3n) is 3.20. The van der Waals surface area contributed by atoms with Gasteiger partial charge >= 0.3 is 5.97 Å². The molecule has 24 heavy (non-hydrogen) atoms. The van der Waals surface area contributed by atoms with E-state index in [4.69, 9.17) is 9.84 Å². The van der Waals surface area contributed by atoms with Gasteiger partial charge in [-0.25, -0.2) is 8.42 Å². The van der Waals surface area contributed by atoms with Crippen molar-refractivity contribution in [1.82, 2.24) is 0 Å². The molecule has 0 unspecified atom stereocenters. The smallest absolute Gasteiger partial charge is 0.308 e. The summed E-state index contributed by atoms with van der Waals surface area (Å²) in [6.07, 6.45) is 1.74. The summed E-state index contributed by atoms with van der Waals surface area (Å²) in [6, 6.07) is 7.70. The zero-order chi connectivity index (χ0) is 17.6. The van der Waals surface area contributed by atoms with Crippen LogP contribution in [0.1, 0.15) is 24.6 Å². The maximum absolute atomic E-state index is 12.4. The number of hydrogen-bond acceptors (Lipinski definition) is 5. The number of unbranched alkanes of at least 4 members (excludes halogenated alkanes) is 1. The van der Waals surface area contributed by atoms with Crippen molar-refractivity contribution < 1.29 is 23.1 Å². The van der Waals surface area contributed by atoms with Crippen molar-refractivity contribution in [2.75, 3.05) is 11.3 Å². The van der Waals surface area contributed by atoms with Gasteiger partial charge in [-0.2, -0.15) is 0 Å². The Morgan fingerprint density at radius 1 is 1.25 bits per heavy atom. The van der Waals surface area contributed by atoms with Crippen molar-refractivity contribution in [3.05, 3.63) is 40.6 Å². The Hall–Kier alpha value is -2.06. The Labute approximate surface area is 145 Å². The minimum Gasteiger partial charge on any atom is -0.494 e. The maximum Gasteiger partial charge on any atom is 0.308 e. The van der Waals surface area contributed by atoms with Gasteiger partial charge in [-0.1, -0.05) is 13.3 Å². The molecule has 0 spiro atoms. The van der Waals surface area contributed by atoms with Gasteiger partial charge in [0.2, 0.25) is 0 Å². The molecule has 0 aliphatic rings. The van der Waals surface area contributed by atoms with E-state index in [9.17, 15) is 13.2 Å². The van der Waals surface area contributed by atoms with Crippen molar-refractivity contribution in [3.63, 3.8) is 0 Å². The van der Waals surface area contributed by atoms with Crippen molar-refractivity contribution in [3.8, 4) is 5.75 Å². The highest BCUT2D eigenvalue weighted by atomic mass is 32.2. The lowest BCUT2D eigenvalue weighted by Crippen LogP contribution is -2.14. The lowest BCUT2D eigenvalue weighted by molar-refractivity contribution is -0.136. The quantitative estimate of drug-likeness (QED) is 0.661. The first kappa shape index (κ1) is 18.3. The number of carboxylic acid groups (broad SMARTS) is 1. The van der Waals surface area contributed by atoms with Crippen LogP contribution in [0.3, 0.4) is 0 Å². The Balaban J connectivity index is 2.10. The Kier molecular flexibility index (Phi) is 6.22. The fourth-order valence-electron chi connectivity index (χ4n) is 1.96. The SMILES string of the molecule is CCCCOc1ccc(S(=O)(=O)Nc2ccsc2CC(=O)O)cc1. The average molecular weight is 369 g/mol. The largest absolute Gasteiger partial charge is 0.494 e. The molecular weight excluding hydrogens is 350 g/mol. The van der Waals surface area contributed by atoms with Crippen LogP contribution in [-0.4, -0.2) is 26.1 Å². The first-order valence-electron chi connectivity index (χ1n) is 7.46. The number of rotatable bonds is 9. The van der Waals surface area contributed by atoms with E-state index in [2.05, 4.69) is 11.6 Å². The number of hydrogen-bond donors (Lipinski definition) is 2. The standard InChI is InChI=1S/C16H19NO5S2/c1-2-3-9-22-12-4-6-13(7-5-12)24(20,21)17-14-8-10-23-15(14)11-16(18)19/h4-8,10,17H,2-3,9,11H2,1H3,(H,18,19). The van der Waals surface area contributed by atoms with Gasteiger partial charge in [-0.3, -0.25) is 9.52 Å². The van der Waals surface area contributed by atoms with E-state index in [0.29, 0.717) is 22.9 Å². The van der Waals surface area contributed by atoms with Gasteiger partial charge in [0.15, 0.2) is 0 Å². The molecule has 2 rings (SSSR count). The molecule has 0 saturated heterocycles. The Morgan fingerprint density at radius 3 is 2.58 bits per heavy atom. The minimum absolute atomic E-state index is 0.0952. The fourth-order valence-corrected chi connectivity index (χ4v) is 3.94. The van der Waals surface area contributed by atoms with E-state index in [-0.39, 0.29) is 11.3 Å². The van der Waals surface area contributed by atoms with Gasteiger partial charge in [-0.05, 0) is 42.1 Å². The van der Waals surface area contributed by atoms with Gasteiger partial charge in [0.25, 0.3) is 10.0 Å². The van der Waals surface area contributed by atoms with Gasteiger partial charge in [0.1, 0.15) is 5.75 Å². The molecule has 0 aliphatic carbocycles. The summed E-state index contributed by atoms with van der Waals surface area (Å²) in [5.41, 5.74) is 0.297. The highest BCUT2D eigenvalue weighted by Gasteiger charge is 2.18. The third-order valence-corrected chi connectivity index (χ3v) is 5.50. The summed E-state index contributed by atoms with van der Waals surface area (Å²) in [5.74, 6) is -0.393. The number of benzene rings is 1. The molecule has 1 aromatic carbocycles. The number of aliphatic carboxylic acids is 1. The number of ether oxygens (including phenoxy) is 1. The molecule has 0 radical (unpaired) electrons. The first-order valence-corrected chi connectivity index (χ1v) is 9.82. The molecule has 0 amide bonds. The number of carbonyl (C=O) groups is 1. The zero-order valence-corrected chi connectivity index (χ0v) is 14.8. The topological polar surface area (TPSA) is 92.7 Å². The summed E-state index contributed by atoms with van der Waals surface area (Å²) < 4.78 is 32.8. The van der Waals surface area contributed by atoms with E-state index < -0.39 is 16.0 Å². The Bertz CT molecular complexity index is 781. The normalized spacial score (nSPS) is 11.2. The Morgan fingerprint density at radius 2 is 1.96 bits per heavy atom. The molecule has 0 atom stereocenters. The maximum atomic E-state index is 12.4. The van der Waals surface area contributed by atoms with Gasteiger partial charge in [0, 0.05) is 4.88 Å². The van der Waals surface area contributed by atoms with Gasteiger partial charge in [0.05, 0.1) is 23.6 Å². The summed E-state index contributed by atoms with van der Waals surface area (Å²) in [5, 5.41) is 10.5. The number of anilines is 1. The van der Waals surface area contributed by atoms with Crippen molar-refractivity contribution in [2.45, 2.75) is 31.1 Å². The molecule has 0 saturated carbocycles. The molecule has 1 aromatic heterocycles. The second-order valence-electron chi connectivity index (χ2n) is 5.11. The van der Waals surface area contributed by atoms with Crippen LogP contribution in [0.15, 0.2) is 40.6 Å². The second kappa shape index (κ2) is 8.16. The molecule has 0 fully saturated rings. The van der Waals surface area contributed by atoms with E-state index in [1.54, 1.807) is 23.6 Å². The van der Waals surface area contributed by atoms with Crippen LogP contribution in [0.5, 0.6) is 5.75 Å². The zero-order valence-electron chi connectivity index (χ0n) is 13.2. The van der Waals surface area contributed by atoms with E-state index in [1.807, 2.05) is 0 Å². The summed E-state index contributed by atoms with van der Waals surface area (Å²) in [6.45, 7) is 2.65. The molecular formula is C16H19NO5S2. The van der Waals surface area contributed by atoms with Crippen LogP contribution < -0.4 is 9.46 Å². The molecule has 0 bridgehead atoms. The van der Waals surface area contributed by atoms with E-state index in [0.717, 1.165) is 12.8 Å². The molecule has 2 N–H and O–H groups in total. The monoisotopic (exact) mass is 369 g/mol. The van der Waals surface area contributed by atoms with Crippen molar-refractivity contribution >= 4 is 33.0 Å². The van der Waals surface area contributed by atoms with Crippen molar-refractivity contribution in [1.29, 1.82) is 0 Å². The van der Waals surface area contributed by atoms with Crippen LogP contribution >= 0.6 is 11.3 Å². The highest BCUT2D eigenvalue weighted by Crippen LogP contribution is 2.26. The summed E-state index contributed by atoms with van der Waals surface area (Å²) >= 11 is 1.20. The van der Waals surface area contributed by atoms with Crippen LogP contribution in [0.4, 0.5) is 5.69 Å². The van der Waals surface area contributed by atoms with Crippen LogP contribution in [0, 0.1) is 0 Å². The lowest BCUT2D eigenvalue weighted by atomic mass is 10.3. The number of nitrogens with one attached hydrogen (secondary N) is 1. The summed E-state index contributed by atoms with van der Waals surface area (Å²) in [7, 11) is -3.78. The minimum atomic E-state index is -3.78. The van der Waals surface area contributed by atoms with Gasteiger partial charge in [-0.15, -0.1) is 11.3 Å². The number of thiophene rings is 1. The van der Waals surface area contributed by atoms with E-state index in [1.165, 1.54) is 23.5 Å². The molecule has 1 heterocycles. The van der Waals surface area contributed by atoms with Crippen LogP contribution in [0.2, 0.25) is 0 Å². The van der Waals surface area contributed by atoms with Crippen LogP contribution in [-0.2, 0) is 21.2 Å². The number of carboxylic acids is 1.